The van der Waals surface area contributed by atoms with E-state index in [1.165, 1.54) is 12.8 Å². The Morgan fingerprint density at radius 1 is 1.21 bits per heavy atom. The number of aliphatic hydroxyl groups excluding tert-OH is 1. The normalized spacial score (nSPS) is 21.2. The fourth-order valence-corrected chi connectivity index (χ4v) is 4.91. The number of fused-ring (bicyclic) bond motifs is 2. The van der Waals surface area contributed by atoms with Crippen LogP contribution in [0.25, 0.3) is 33.6 Å². The average Bonchev–Trinajstić information content (AvgIpc) is 3.49. The van der Waals surface area contributed by atoms with Gasteiger partial charge in [-0.05, 0) is 61.6 Å². The van der Waals surface area contributed by atoms with Gasteiger partial charge in [0.1, 0.15) is 5.65 Å². The van der Waals surface area contributed by atoms with Crippen LogP contribution in [-0.2, 0) is 13.6 Å². The van der Waals surface area contributed by atoms with E-state index < -0.39 is 12.1 Å². The monoisotopic (exact) mass is 444 g/mol. The summed E-state index contributed by atoms with van der Waals surface area (Å²) in [6.45, 7) is 1.82. The third-order valence-corrected chi connectivity index (χ3v) is 7.06. The van der Waals surface area contributed by atoms with Gasteiger partial charge in [-0.1, -0.05) is 0 Å². The highest BCUT2D eigenvalue weighted by atomic mass is 16.3. The highest BCUT2D eigenvalue weighted by molar-refractivity contribution is 5.98. The molecule has 0 bridgehead atoms. The second kappa shape index (κ2) is 7.67. The molecule has 3 aromatic heterocycles. The first-order chi connectivity index (χ1) is 16.0. The quantitative estimate of drug-likeness (QED) is 0.504. The molecule has 2 fully saturated rings. The van der Waals surface area contributed by atoms with E-state index in [0.717, 1.165) is 40.1 Å². The largest absolute Gasteiger partial charge is 0.391 e. The van der Waals surface area contributed by atoms with Gasteiger partial charge < -0.3 is 24.9 Å². The molecule has 1 aliphatic carbocycles. The van der Waals surface area contributed by atoms with Crippen LogP contribution < -0.4 is 5.73 Å². The standard InChI is InChI=1S/C25H28N6O2/c1-29-20-7-6-17(25(33)30-10-8-22(32)18(26)14-30)11-19(20)28-24(29)21-12-16-3-2-9-27-23(16)31(21)13-15-4-5-15/h2-3,6-7,9,11-12,15,18,22,32H,4-5,8,10,13-14,26H2,1H3/t18-,22-/m0/s1. The summed E-state index contributed by atoms with van der Waals surface area (Å²) in [5, 5.41) is 11.0. The maximum atomic E-state index is 13.1. The van der Waals surface area contributed by atoms with Crippen molar-refractivity contribution in [2.24, 2.45) is 18.7 Å². The zero-order valence-electron chi connectivity index (χ0n) is 18.7. The molecule has 1 saturated heterocycles. The van der Waals surface area contributed by atoms with E-state index in [1.54, 1.807) is 4.90 Å². The van der Waals surface area contributed by atoms with Gasteiger partial charge in [-0.3, -0.25) is 4.79 Å². The molecule has 6 rings (SSSR count). The Labute approximate surface area is 191 Å². The number of nitrogens with two attached hydrogens (primary N) is 1. The van der Waals surface area contributed by atoms with E-state index >= 15 is 0 Å². The molecule has 4 aromatic rings. The number of aromatic nitrogens is 4. The number of benzene rings is 1. The number of carbonyl (C=O) groups is 1. The fraction of sp³-hybridized carbons (Fsp3) is 0.400. The molecular formula is C25H28N6O2. The third-order valence-electron chi connectivity index (χ3n) is 7.06. The van der Waals surface area contributed by atoms with Gasteiger partial charge in [-0.15, -0.1) is 0 Å². The number of aliphatic hydroxyl groups is 1. The van der Waals surface area contributed by atoms with Crippen LogP contribution in [0.5, 0.6) is 0 Å². The number of likely N-dealkylation sites (tertiary alicyclic amines) is 1. The molecule has 0 radical (unpaired) electrons. The molecule has 1 amide bonds. The summed E-state index contributed by atoms with van der Waals surface area (Å²) in [4.78, 5) is 24.4. The van der Waals surface area contributed by atoms with Crippen molar-refractivity contribution >= 4 is 28.0 Å². The minimum Gasteiger partial charge on any atom is -0.391 e. The van der Waals surface area contributed by atoms with Crippen molar-refractivity contribution in [2.75, 3.05) is 13.1 Å². The van der Waals surface area contributed by atoms with Crippen LogP contribution in [0.15, 0.2) is 42.6 Å². The molecule has 33 heavy (non-hydrogen) atoms. The van der Waals surface area contributed by atoms with E-state index in [2.05, 4.69) is 26.3 Å². The van der Waals surface area contributed by atoms with Crippen LogP contribution in [0, 0.1) is 5.92 Å². The number of rotatable bonds is 4. The van der Waals surface area contributed by atoms with Gasteiger partial charge in [0, 0.05) is 49.9 Å². The summed E-state index contributed by atoms with van der Waals surface area (Å²) < 4.78 is 4.38. The minimum absolute atomic E-state index is 0.0708. The number of carbonyl (C=O) groups excluding carboxylic acids is 1. The number of pyridine rings is 1. The van der Waals surface area contributed by atoms with Crippen LogP contribution >= 0.6 is 0 Å². The number of aryl methyl sites for hydroxylation is 1. The Hall–Kier alpha value is -3.23. The van der Waals surface area contributed by atoms with Crippen molar-refractivity contribution in [3.05, 3.63) is 48.2 Å². The second-order valence-electron chi connectivity index (χ2n) is 9.47. The molecule has 3 N–H and O–H groups in total. The molecule has 8 heteroatoms. The summed E-state index contributed by atoms with van der Waals surface area (Å²) in [6.07, 6.45) is 4.32. The van der Waals surface area contributed by atoms with Gasteiger partial charge in [0.25, 0.3) is 5.91 Å². The van der Waals surface area contributed by atoms with Crippen molar-refractivity contribution in [1.29, 1.82) is 0 Å². The summed E-state index contributed by atoms with van der Waals surface area (Å²) in [5.74, 6) is 1.50. The van der Waals surface area contributed by atoms with Crippen LogP contribution in [0.2, 0.25) is 0 Å². The number of piperidine rings is 1. The summed E-state index contributed by atoms with van der Waals surface area (Å²) in [5.41, 5.74) is 10.4. The van der Waals surface area contributed by atoms with E-state index in [9.17, 15) is 9.90 Å². The summed E-state index contributed by atoms with van der Waals surface area (Å²) in [6, 6.07) is 11.5. The van der Waals surface area contributed by atoms with Gasteiger partial charge in [-0.2, -0.15) is 0 Å². The number of imidazole rings is 1. The highest BCUT2D eigenvalue weighted by Gasteiger charge is 2.29. The van der Waals surface area contributed by atoms with Crippen molar-refractivity contribution in [3.8, 4) is 11.5 Å². The Morgan fingerprint density at radius 2 is 2.06 bits per heavy atom. The van der Waals surface area contributed by atoms with Crippen LogP contribution in [0.1, 0.15) is 29.6 Å². The number of nitrogens with zero attached hydrogens (tertiary/aromatic N) is 5. The lowest BCUT2D eigenvalue weighted by molar-refractivity contribution is 0.0459. The average molecular weight is 445 g/mol. The second-order valence-corrected chi connectivity index (χ2v) is 9.47. The van der Waals surface area contributed by atoms with Gasteiger partial charge in [0.15, 0.2) is 5.82 Å². The predicted octanol–water partition coefficient (Wildman–Crippen LogP) is 2.53. The van der Waals surface area contributed by atoms with Crippen LogP contribution in [-0.4, -0.2) is 60.3 Å². The molecule has 1 aliphatic heterocycles. The minimum atomic E-state index is -0.549. The van der Waals surface area contributed by atoms with Crippen molar-refractivity contribution in [3.63, 3.8) is 0 Å². The first kappa shape index (κ1) is 20.4. The van der Waals surface area contributed by atoms with Gasteiger partial charge in [-0.25, -0.2) is 9.97 Å². The highest BCUT2D eigenvalue weighted by Crippen LogP contribution is 2.36. The Morgan fingerprint density at radius 3 is 2.85 bits per heavy atom. The summed E-state index contributed by atoms with van der Waals surface area (Å²) in [7, 11) is 2.02. The maximum Gasteiger partial charge on any atom is 0.253 e. The zero-order chi connectivity index (χ0) is 22.7. The molecule has 2 atom stereocenters. The lowest BCUT2D eigenvalue weighted by atomic mass is 10.0. The number of hydrogen-bond donors (Lipinski definition) is 2. The third kappa shape index (κ3) is 3.50. The molecule has 0 unspecified atom stereocenters. The lowest BCUT2D eigenvalue weighted by Crippen LogP contribution is -2.53. The van der Waals surface area contributed by atoms with E-state index in [1.807, 2.05) is 37.5 Å². The van der Waals surface area contributed by atoms with Crippen molar-refractivity contribution in [2.45, 2.75) is 38.0 Å². The first-order valence-corrected chi connectivity index (χ1v) is 11.6. The number of amides is 1. The van der Waals surface area contributed by atoms with Gasteiger partial charge in [0.2, 0.25) is 0 Å². The zero-order valence-corrected chi connectivity index (χ0v) is 18.7. The Bertz CT molecular complexity index is 1370. The first-order valence-electron chi connectivity index (χ1n) is 11.6. The van der Waals surface area contributed by atoms with Gasteiger partial charge in [0.05, 0.1) is 22.8 Å². The van der Waals surface area contributed by atoms with E-state index in [4.69, 9.17) is 10.7 Å². The smallest absolute Gasteiger partial charge is 0.253 e. The van der Waals surface area contributed by atoms with Crippen LogP contribution in [0.4, 0.5) is 0 Å². The van der Waals surface area contributed by atoms with Crippen molar-refractivity contribution in [1.82, 2.24) is 24.0 Å². The molecule has 170 valence electrons. The Kier molecular flexibility index (Phi) is 4.74. The van der Waals surface area contributed by atoms with Gasteiger partial charge >= 0.3 is 0 Å². The molecule has 2 aliphatic rings. The fourth-order valence-electron chi connectivity index (χ4n) is 4.91. The molecule has 1 saturated carbocycles. The number of hydrogen-bond acceptors (Lipinski definition) is 5. The molecule has 8 nitrogen and oxygen atoms in total. The molecule has 4 heterocycles. The Balaban J connectivity index is 1.39. The predicted molar refractivity (Wildman–Crippen MR) is 127 cm³/mol. The summed E-state index contributed by atoms with van der Waals surface area (Å²) >= 11 is 0. The van der Waals surface area contributed by atoms with E-state index in [0.29, 0.717) is 31.0 Å². The lowest BCUT2D eigenvalue weighted by Gasteiger charge is -2.34. The van der Waals surface area contributed by atoms with E-state index in [-0.39, 0.29) is 5.91 Å². The molecule has 1 aromatic carbocycles. The molecule has 0 spiro atoms. The SMILES string of the molecule is Cn1c(-c2cc3cccnc3n2CC2CC2)nc2cc(C(=O)N3CC[C@H](O)[C@@H](N)C3)ccc21. The molecular weight excluding hydrogens is 416 g/mol. The topological polar surface area (TPSA) is 102 Å². The maximum absolute atomic E-state index is 13.1. The van der Waals surface area contributed by atoms with Crippen LogP contribution in [0.3, 0.4) is 0 Å². The van der Waals surface area contributed by atoms with Crippen molar-refractivity contribution < 1.29 is 9.90 Å².